The van der Waals surface area contributed by atoms with Crippen LogP contribution in [0, 0.1) is 0 Å². The smallest absolute Gasteiger partial charge is 0.147 e. The van der Waals surface area contributed by atoms with Crippen LogP contribution in [-0.2, 0) is 12.4 Å². The normalized spacial score (nSPS) is 10.2. The van der Waals surface area contributed by atoms with Gasteiger partial charge < -0.3 is 4.90 Å². The lowest BCUT2D eigenvalue weighted by Gasteiger charge is -2.17. The van der Waals surface area contributed by atoms with E-state index in [2.05, 4.69) is 15.0 Å². The van der Waals surface area contributed by atoms with Crippen molar-refractivity contribution in [2.75, 3.05) is 11.9 Å². The fraction of sp³-hybridized carbons (Fsp3) is 0.250. The van der Waals surface area contributed by atoms with Crippen LogP contribution in [0.3, 0.4) is 0 Å². The first-order valence-corrected chi connectivity index (χ1v) is 5.80. The Hall–Kier alpha value is -1.68. The van der Waals surface area contributed by atoms with Gasteiger partial charge in [0.1, 0.15) is 5.82 Å². The van der Waals surface area contributed by atoms with Crippen molar-refractivity contribution in [3.63, 3.8) is 0 Å². The molecule has 0 unspecified atom stereocenters. The van der Waals surface area contributed by atoms with Gasteiger partial charge >= 0.3 is 0 Å². The molecule has 0 aliphatic carbocycles. The number of aromatic nitrogens is 3. The summed E-state index contributed by atoms with van der Waals surface area (Å²) in [5, 5.41) is 0. The van der Waals surface area contributed by atoms with E-state index in [1.165, 1.54) is 0 Å². The largest absolute Gasteiger partial charge is 0.354 e. The standard InChI is InChI=1S/C12H13ClN4/c1-17(9-10-3-2-4-14-6-10)12-8-15-7-11(5-13)16-12/h2-4,6-8H,5,9H2,1H3. The summed E-state index contributed by atoms with van der Waals surface area (Å²) in [5.41, 5.74) is 1.91. The third kappa shape index (κ3) is 3.14. The summed E-state index contributed by atoms with van der Waals surface area (Å²) < 4.78 is 0. The van der Waals surface area contributed by atoms with E-state index in [9.17, 15) is 0 Å². The van der Waals surface area contributed by atoms with Crippen LogP contribution in [0.4, 0.5) is 5.82 Å². The summed E-state index contributed by atoms with van der Waals surface area (Å²) >= 11 is 5.73. The van der Waals surface area contributed by atoms with E-state index in [0.29, 0.717) is 5.88 Å². The molecule has 0 amide bonds. The molecule has 4 nitrogen and oxygen atoms in total. The minimum Gasteiger partial charge on any atom is -0.354 e. The number of anilines is 1. The van der Waals surface area contributed by atoms with Gasteiger partial charge in [-0.05, 0) is 11.6 Å². The lowest BCUT2D eigenvalue weighted by Crippen LogP contribution is -2.18. The minimum atomic E-state index is 0.377. The highest BCUT2D eigenvalue weighted by Gasteiger charge is 2.05. The fourth-order valence-corrected chi connectivity index (χ4v) is 1.62. The van der Waals surface area contributed by atoms with Crippen LogP contribution in [0.1, 0.15) is 11.3 Å². The molecule has 17 heavy (non-hydrogen) atoms. The molecule has 88 valence electrons. The summed E-state index contributed by atoms with van der Waals surface area (Å²) in [7, 11) is 1.97. The zero-order chi connectivity index (χ0) is 12.1. The third-order valence-corrected chi connectivity index (χ3v) is 2.62. The molecule has 0 fully saturated rings. The number of nitrogens with zero attached hydrogens (tertiary/aromatic N) is 4. The van der Waals surface area contributed by atoms with Gasteiger partial charge in [0, 0.05) is 32.2 Å². The maximum atomic E-state index is 5.73. The number of alkyl halides is 1. The molecule has 0 atom stereocenters. The molecule has 0 saturated carbocycles. The van der Waals surface area contributed by atoms with Gasteiger partial charge in [-0.1, -0.05) is 6.07 Å². The first-order valence-electron chi connectivity index (χ1n) is 5.26. The van der Waals surface area contributed by atoms with Crippen molar-refractivity contribution in [1.29, 1.82) is 0 Å². The van der Waals surface area contributed by atoms with Crippen LogP contribution in [-0.4, -0.2) is 22.0 Å². The molecule has 0 aromatic carbocycles. The lowest BCUT2D eigenvalue weighted by molar-refractivity contribution is 0.875. The number of hydrogen-bond donors (Lipinski definition) is 0. The van der Waals surface area contributed by atoms with Gasteiger partial charge in [-0.15, -0.1) is 11.6 Å². The monoisotopic (exact) mass is 248 g/mol. The molecule has 2 rings (SSSR count). The highest BCUT2D eigenvalue weighted by Crippen LogP contribution is 2.12. The van der Waals surface area contributed by atoms with Crippen molar-refractivity contribution in [3.05, 3.63) is 48.2 Å². The molecule has 0 aliphatic rings. The van der Waals surface area contributed by atoms with Crippen LogP contribution in [0.5, 0.6) is 0 Å². The van der Waals surface area contributed by atoms with Crippen molar-refractivity contribution < 1.29 is 0 Å². The molecule has 0 radical (unpaired) electrons. The van der Waals surface area contributed by atoms with Gasteiger partial charge in [-0.3, -0.25) is 9.97 Å². The second-order valence-electron chi connectivity index (χ2n) is 3.72. The van der Waals surface area contributed by atoms with Crippen molar-refractivity contribution in [3.8, 4) is 0 Å². The molecule has 2 heterocycles. The van der Waals surface area contributed by atoms with Crippen molar-refractivity contribution in [1.82, 2.24) is 15.0 Å². The van der Waals surface area contributed by atoms with E-state index in [4.69, 9.17) is 11.6 Å². The molecule has 5 heteroatoms. The Morgan fingerprint density at radius 1 is 1.24 bits per heavy atom. The highest BCUT2D eigenvalue weighted by atomic mass is 35.5. The molecule has 2 aromatic rings. The Morgan fingerprint density at radius 2 is 2.12 bits per heavy atom. The molecule has 0 saturated heterocycles. The van der Waals surface area contributed by atoms with Crippen LogP contribution in [0.25, 0.3) is 0 Å². The maximum Gasteiger partial charge on any atom is 0.147 e. The number of pyridine rings is 1. The Labute approximate surface area is 105 Å². The Kier molecular flexibility index (Phi) is 3.88. The van der Waals surface area contributed by atoms with E-state index in [0.717, 1.165) is 23.6 Å². The third-order valence-electron chi connectivity index (χ3n) is 2.34. The summed E-state index contributed by atoms with van der Waals surface area (Å²) in [4.78, 5) is 14.6. The summed E-state index contributed by atoms with van der Waals surface area (Å²) in [5.74, 6) is 1.19. The number of halogens is 1. The minimum absolute atomic E-state index is 0.377. The van der Waals surface area contributed by atoms with Gasteiger partial charge in [0.05, 0.1) is 17.8 Å². The van der Waals surface area contributed by atoms with Crippen LogP contribution < -0.4 is 4.90 Å². The molecule has 0 spiro atoms. The topological polar surface area (TPSA) is 41.9 Å². The van der Waals surface area contributed by atoms with Gasteiger partial charge in [0.15, 0.2) is 0 Å². The van der Waals surface area contributed by atoms with Crippen LogP contribution >= 0.6 is 11.6 Å². The SMILES string of the molecule is CN(Cc1cccnc1)c1cncc(CCl)n1. The lowest BCUT2D eigenvalue weighted by atomic mass is 10.3. The zero-order valence-electron chi connectivity index (χ0n) is 9.55. The van der Waals surface area contributed by atoms with Gasteiger partial charge in [0.25, 0.3) is 0 Å². The quantitative estimate of drug-likeness (QED) is 0.779. The zero-order valence-corrected chi connectivity index (χ0v) is 10.3. The second kappa shape index (κ2) is 5.59. The van der Waals surface area contributed by atoms with Gasteiger partial charge in [-0.2, -0.15) is 0 Å². The number of rotatable bonds is 4. The second-order valence-corrected chi connectivity index (χ2v) is 3.99. The molecule has 0 N–H and O–H groups in total. The summed E-state index contributed by atoms with van der Waals surface area (Å²) in [6.07, 6.45) is 7.01. The molecule has 0 bridgehead atoms. The van der Waals surface area contributed by atoms with Crippen molar-refractivity contribution in [2.24, 2.45) is 0 Å². The Balaban J connectivity index is 2.11. The van der Waals surface area contributed by atoms with E-state index in [1.54, 1.807) is 18.6 Å². The summed E-state index contributed by atoms with van der Waals surface area (Å²) in [6.45, 7) is 0.744. The van der Waals surface area contributed by atoms with E-state index < -0.39 is 0 Å². The maximum absolute atomic E-state index is 5.73. The van der Waals surface area contributed by atoms with E-state index in [-0.39, 0.29) is 0 Å². The molecular formula is C12H13ClN4. The predicted octanol–water partition coefficient (Wildman–Crippen LogP) is 2.25. The molecular weight excluding hydrogens is 236 g/mol. The molecule has 2 aromatic heterocycles. The van der Waals surface area contributed by atoms with Crippen LogP contribution in [0.15, 0.2) is 36.9 Å². The fourth-order valence-electron chi connectivity index (χ4n) is 1.49. The first-order chi connectivity index (χ1) is 8.29. The van der Waals surface area contributed by atoms with Crippen molar-refractivity contribution in [2.45, 2.75) is 12.4 Å². The van der Waals surface area contributed by atoms with Crippen molar-refractivity contribution >= 4 is 17.4 Å². The van der Waals surface area contributed by atoms with Crippen LogP contribution in [0.2, 0.25) is 0 Å². The number of hydrogen-bond acceptors (Lipinski definition) is 4. The average molecular weight is 249 g/mol. The average Bonchev–Trinajstić information content (AvgIpc) is 2.40. The first kappa shape index (κ1) is 11.8. The van der Waals surface area contributed by atoms with E-state index >= 15 is 0 Å². The Bertz CT molecular complexity index is 475. The Morgan fingerprint density at radius 3 is 2.82 bits per heavy atom. The summed E-state index contributed by atoms with van der Waals surface area (Å²) in [6, 6.07) is 3.95. The molecule has 0 aliphatic heterocycles. The van der Waals surface area contributed by atoms with E-state index in [1.807, 2.05) is 30.3 Å². The van der Waals surface area contributed by atoms with Gasteiger partial charge in [0.2, 0.25) is 0 Å². The highest BCUT2D eigenvalue weighted by molar-refractivity contribution is 6.16. The van der Waals surface area contributed by atoms with Gasteiger partial charge in [-0.25, -0.2) is 4.98 Å². The predicted molar refractivity (Wildman–Crippen MR) is 67.9 cm³/mol.